The van der Waals surface area contributed by atoms with Crippen LogP contribution < -0.4 is 4.74 Å². The molecule has 0 fully saturated rings. The molecule has 23 heavy (non-hydrogen) atoms. The second kappa shape index (κ2) is 6.71. The Morgan fingerprint density at radius 1 is 1.35 bits per heavy atom. The zero-order valence-corrected chi connectivity index (χ0v) is 14.7. The van der Waals surface area contributed by atoms with Gasteiger partial charge in [0.1, 0.15) is 5.75 Å². The Hall–Kier alpha value is -1.88. The molecule has 0 aliphatic heterocycles. The number of fused-ring (bicyclic) bond motifs is 1. The van der Waals surface area contributed by atoms with E-state index < -0.39 is 0 Å². The van der Waals surface area contributed by atoms with Gasteiger partial charge in [-0.2, -0.15) is 0 Å². The average molecular weight is 330 g/mol. The third kappa shape index (κ3) is 3.24. The van der Waals surface area contributed by atoms with E-state index in [9.17, 15) is 4.79 Å². The number of carbonyl (C=O) groups is 1. The van der Waals surface area contributed by atoms with Crippen molar-refractivity contribution in [3.8, 4) is 5.75 Å². The van der Waals surface area contributed by atoms with Gasteiger partial charge in [0.2, 0.25) is 0 Å². The van der Waals surface area contributed by atoms with Gasteiger partial charge in [-0.25, -0.2) is 4.98 Å². The summed E-state index contributed by atoms with van der Waals surface area (Å²) in [5.41, 5.74) is 6.21. The minimum absolute atomic E-state index is 0.0266. The number of methoxy groups -OCH3 is 1. The van der Waals surface area contributed by atoms with Gasteiger partial charge >= 0.3 is 0 Å². The highest BCUT2D eigenvalue weighted by Crippen LogP contribution is 2.30. The molecule has 0 bridgehead atoms. The molecule has 2 aromatic rings. The molecule has 1 amide bonds. The van der Waals surface area contributed by atoms with E-state index in [0.717, 1.165) is 31.4 Å². The first-order chi connectivity index (χ1) is 11.1. The van der Waals surface area contributed by atoms with Crippen molar-refractivity contribution in [3.63, 3.8) is 0 Å². The number of ether oxygens (including phenoxy) is 1. The van der Waals surface area contributed by atoms with Crippen molar-refractivity contribution < 1.29 is 9.53 Å². The fourth-order valence-corrected chi connectivity index (χ4v) is 3.85. The second-order valence-electron chi connectivity index (χ2n) is 6.01. The molecule has 1 aliphatic carbocycles. The topological polar surface area (TPSA) is 42.4 Å². The van der Waals surface area contributed by atoms with E-state index >= 15 is 0 Å². The highest BCUT2D eigenvalue weighted by molar-refractivity contribution is 7.09. The number of hydrogen-bond acceptors (Lipinski definition) is 4. The third-order valence-corrected chi connectivity index (χ3v) is 5.51. The van der Waals surface area contributed by atoms with E-state index in [-0.39, 0.29) is 5.91 Å². The van der Waals surface area contributed by atoms with E-state index in [4.69, 9.17) is 4.74 Å². The average Bonchev–Trinajstić information content (AvgIpc) is 3.18. The lowest BCUT2D eigenvalue weighted by atomic mass is 10.0. The van der Waals surface area contributed by atoms with Crippen LogP contribution in [0.4, 0.5) is 0 Å². The molecule has 0 saturated carbocycles. The predicted molar refractivity (Wildman–Crippen MR) is 92.5 cm³/mol. The Labute approximate surface area is 141 Å². The number of hydrogen-bond donors (Lipinski definition) is 0. The van der Waals surface area contributed by atoms with Crippen LogP contribution in [0.1, 0.15) is 38.5 Å². The number of thiazole rings is 1. The number of amides is 1. The number of aromatic nitrogens is 1. The number of aryl methyl sites for hydroxylation is 3. The van der Waals surface area contributed by atoms with E-state index in [2.05, 4.69) is 4.98 Å². The maximum Gasteiger partial charge on any atom is 0.257 e. The second-order valence-corrected chi connectivity index (χ2v) is 6.95. The van der Waals surface area contributed by atoms with Crippen molar-refractivity contribution in [1.29, 1.82) is 0 Å². The molecular formula is C18H22N2O2S. The fourth-order valence-electron chi connectivity index (χ4n) is 3.08. The van der Waals surface area contributed by atoms with Crippen molar-refractivity contribution >= 4 is 17.2 Å². The maximum absolute atomic E-state index is 12.8. The first-order valence-electron chi connectivity index (χ1n) is 7.94. The van der Waals surface area contributed by atoms with Gasteiger partial charge in [-0.05, 0) is 49.4 Å². The van der Waals surface area contributed by atoms with Crippen LogP contribution in [0, 0.1) is 6.92 Å². The van der Waals surface area contributed by atoms with Gasteiger partial charge in [0.05, 0.1) is 23.9 Å². The Kier molecular flexibility index (Phi) is 4.66. The zero-order chi connectivity index (χ0) is 16.4. The van der Waals surface area contributed by atoms with Crippen LogP contribution in [0.3, 0.4) is 0 Å². The summed E-state index contributed by atoms with van der Waals surface area (Å²) in [4.78, 5) is 20.1. The van der Waals surface area contributed by atoms with Gasteiger partial charge in [-0.3, -0.25) is 4.79 Å². The SMILES string of the molecule is COc1cc2c(cc1C(=O)N(C)CCc1scnc1C)CCC2. The van der Waals surface area contributed by atoms with E-state index in [1.807, 2.05) is 31.6 Å². The molecule has 0 unspecified atom stereocenters. The normalized spacial score (nSPS) is 13.0. The van der Waals surface area contributed by atoms with Crippen LogP contribution in [0.2, 0.25) is 0 Å². The molecule has 4 nitrogen and oxygen atoms in total. The quantitative estimate of drug-likeness (QED) is 0.845. The third-order valence-electron chi connectivity index (χ3n) is 4.51. The van der Waals surface area contributed by atoms with Gasteiger partial charge in [0.15, 0.2) is 0 Å². The number of benzene rings is 1. The molecule has 0 atom stereocenters. The van der Waals surface area contributed by atoms with E-state index in [1.165, 1.54) is 16.0 Å². The van der Waals surface area contributed by atoms with Crippen molar-refractivity contribution in [2.24, 2.45) is 0 Å². The number of nitrogens with zero attached hydrogens (tertiary/aromatic N) is 2. The standard InChI is InChI=1S/C18H22N2O2S/c1-12-17(23-11-19-12)7-8-20(2)18(21)15-9-13-5-4-6-14(13)10-16(15)22-3/h9-11H,4-8H2,1-3H3. The van der Waals surface area contributed by atoms with Gasteiger partial charge in [-0.15, -0.1) is 11.3 Å². The lowest BCUT2D eigenvalue weighted by molar-refractivity contribution is 0.0793. The van der Waals surface area contributed by atoms with Crippen LogP contribution in [0.5, 0.6) is 5.75 Å². The monoisotopic (exact) mass is 330 g/mol. The highest BCUT2D eigenvalue weighted by Gasteiger charge is 2.21. The van der Waals surface area contributed by atoms with Crippen molar-refractivity contribution in [2.45, 2.75) is 32.6 Å². The summed E-state index contributed by atoms with van der Waals surface area (Å²) in [6.07, 6.45) is 4.15. The molecule has 1 aliphatic rings. The molecule has 0 spiro atoms. The summed E-state index contributed by atoms with van der Waals surface area (Å²) in [5, 5.41) is 0. The summed E-state index contributed by atoms with van der Waals surface area (Å²) in [7, 11) is 3.49. The van der Waals surface area contributed by atoms with Crippen LogP contribution in [-0.2, 0) is 19.3 Å². The maximum atomic E-state index is 12.8. The zero-order valence-electron chi connectivity index (χ0n) is 13.9. The Balaban J connectivity index is 1.75. The summed E-state index contributed by atoms with van der Waals surface area (Å²) in [5.74, 6) is 0.718. The van der Waals surface area contributed by atoms with Gasteiger partial charge < -0.3 is 9.64 Å². The fraction of sp³-hybridized carbons (Fsp3) is 0.444. The van der Waals surface area contributed by atoms with E-state index in [1.54, 1.807) is 23.3 Å². The largest absolute Gasteiger partial charge is 0.496 e. The molecular weight excluding hydrogens is 308 g/mol. The van der Waals surface area contributed by atoms with Crippen molar-refractivity contribution in [2.75, 3.05) is 20.7 Å². The van der Waals surface area contributed by atoms with Gasteiger partial charge in [0, 0.05) is 24.9 Å². The summed E-state index contributed by atoms with van der Waals surface area (Å²) in [6, 6.07) is 4.06. The lowest BCUT2D eigenvalue weighted by Crippen LogP contribution is -2.29. The smallest absolute Gasteiger partial charge is 0.257 e. The first kappa shape index (κ1) is 16.0. The molecule has 122 valence electrons. The number of likely N-dealkylation sites (N-methyl/N-ethyl adjacent to an activating group) is 1. The molecule has 0 N–H and O–H groups in total. The molecule has 1 aromatic heterocycles. The summed E-state index contributed by atoms with van der Waals surface area (Å²) >= 11 is 1.65. The van der Waals surface area contributed by atoms with E-state index in [0.29, 0.717) is 17.9 Å². The summed E-state index contributed by atoms with van der Waals surface area (Å²) < 4.78 is 5.46. The van der Waals surface area contributed by atoms with Crippen LogP contribution in [0.25, 0.3) is 0 Å². The van der Waals surface area contributed by atoms with Crippen LogP contribution in [0.15, 0.2) is 17.6 Å². The Morgan fingerprint density at radius 2 is 2.09 bits per heavy atom. The molecule has 0 radical (unpaired) electrons. The lowest BCUT2D eigenvalue weighted by Gasteiger charge is -2.19. The van der Waals surface area contributed by atoms with Crippen molar-refractivity contribution in [3.05, 3.63) is 44.9 Å². The number of rotatable bonds is 5. The molecule has 1 heterocycles. The summed E-state index contributed by atoms with van der Waals surface area (Å²) in [6.45, 7) is 2.69. The van der Waals surface area contributed by atoms with Gasteiger partial charge in [0.25, 0.3) is 5.91 Å². The first-order valence-corrected chi connectivity index (χ1v) is 8.82. The predicted octanol–water partition coefficient (Wildman–Crippen LogP) is 3.26. The van der Waals surface area contributed by atoms with Crippen LogP contribution >= 0.6 is 11.3 Å². The number of carbonyl (C=O) groups excluding carboxylic acids is 1. The molecule has 0 saturated heterocycles. The minimum atomic E-state index is 0.0266. The molecule has 3 rings (SSSR count). The Bertz CT molecular complexity index is 724. The Morgan fingerprint density at radius 3 is 2.74 bits per heavy atom. The van der Waals surface area contributed by atoms with Gasteiger partial charge in [-0.1, -0.05) is 0 Å². The molecule has 5 heteroatoms. The van der Waals surface area contributed by atoms with Crippen LogP contribution in [-0.4, -0.2) is 36.5 Å². The molecule has 1 aromatic carbocycles. The minimum Gasteiger partial charge on any atom is -0.496 e. The van der Waals surface area contributed by atoms with Crippen molar-refractivity contribution in [1.82, 2.24) is 9.88 Å². The highest BCUT2D eigenvalue weighted by atomic mass is 32.1.